The van der Waals surface area contributed by atoms with Crippen LogP contribution in [0.2, 0.25) is 0 Å². The maximum atomic E-state index is 13.4. The molecule has 30 heavy (non-hydrogen) atoms. The van der Waals surface area contributed by atoms with Crippen LogP contribution in [0.1, 0.15) is 105 Å². The van der Waals surface area contributed by atoms with Crippen molar-refractivity contribution in [3.8, 4) is 0 Å². The molecule has 0 bridgehead atoms. The molecule has 4 saturated carbocycles. The average Bonchev–Trinajstić information content (AvgIpc) is 2.92. The molecule has 0 aromatic heterocycles. The second-order valence-corrected chi connectivity index (χ2v) is 12.8. The summed E-state index contributed by atoms with van der Waals surface area (Å²) in [6, 6.07) is 0. The van der Waals surface area contributed by atoms with E-state index < -0.39 is 5.60 Å². The van der Waals surface area contributed by atoms with Crippen molar-refractivity contribution in [3.63, 3.8) is 0 Å². The molecule has 4 fully saturated rings. The Morgan fingerprint density at radius 1 is 1.07 bits per heavy atom. The third kappa shape index (κ3) is 3.71. The highest BCUT2D eigenvalue weighted by Gasteiger charge is 2.63. The first-order valence-corrected chi connectivity index (χ1v) is 12.7. The molecule has 4 rings (SSSR count). The van der Waals surface area contributed by atoms with Crippen LogP contribution in [0.25, 0.3) is 0 Å². The molecule has 1 N–H and O–H groups in total. The SMILES string of the molecule is C[C@H](CCCC(C)(C)O)[C@H]1CC(=O)[C@H]2[C@@H]3CC[C@H]4CC(=O)CC[C@]4(C)[C@H]3CC[C@]12C. The van der Waals surface area contributed by atoms with Crippen molar-refractivity contribution < 1.29 is 14.7 Å². The summed E-state index contributed by atoms with van der Waals surface area (Å²) in [4.78, 5) is 25.5. The summed E-state index contributed by atoms with van der Waals surface area (Å²) in [5, 5.41) is 10.1. The smallest absolute Gasteiger partial charge is 0.137 e. The predicted octanol–water partition coefficient (Wildman–Crippen LogP) is 5.97. The van der Waals surface area contributed by atoms with Crippen molar-refractivity contribution in [2.75, 3.05) is 0 Å². The Bertz CT molecular complexity index is 691. The number of Topliss-reactive ketones (excluding diaryl/α,β-unsaturated/α-hetero) is 2. The van der Waals surface area contributed by atoms with Crippen LogP contribution in [0.15, 0.2) is 0 Å². The number of carbonyl (C=O) groups excluding carboxylic acids is 2. The third-order valence-corrected chi connectivity index (χ3v) is 10.4. The number of hydrogen-bond acceptors (Lipinski definition) is 3. The monoisotopic (exact) mass is 416 g/mol. The van der Waals surface area contributed by atoms with Crippen LogP contribution < -0.4 is 0 Å². The van der Waals surface area contributed by atoms with E-state index in [9.17, 15) is 14.7 Å². The standard InChI is InChI=1S/C27H44O3/c1-17(7-6-12-25(2,3)30)22-16-23(29)24-20-9-8-18-15-19(28)10-13-26(18,4)21(20)11-14-27(22,24)5/h17-18,20-22,24,30H,6-16H2,1-5H3/t17-,18+,20-,21+,22-,24-,26+,27-/m1/s1. The third-order valence-electron chi connectivity index (χ3n) is 10.4. The number of ketones is 2. The second-order valence-electron chi connectivity index (χ2n) is 12.8. The minimum absolute atomic E-state index is 0.153. The molecule has 170 valence electrons. The molecule has 4 aliphatic rings. The molecule has 4 aliphatic carbocycles. The lowest BCUT2D eigenvalue weighted by molar-refractivity contribution is -0.148. The Kier molecular flexibility index (Phi) is 5.78. The van der Waals surface area contributed by atoms with Crippen molar-refractivity contribution in [1.82, 2.24) is 0 Å². The van der Waals surface area contributed by atoms with E-state index in [2.05, 4.69) is 20.8 Å². The summed E-state index contributed by atoms with van der Waals surface area (Å²) < 4.78 is 0. The molecule has 0 unspecified atom stereocenters. The van der Waals surface area contributed by atoms with Gasteiger partial charge in [0, 0.05) is 25.2 Å². The minimum Gasteiger partial charge on any atom is -0.390 e. The number of carbonyl (C=O) groups is 2. The molecule has 3 nitrogen and oxygen atoms in total. The molecule has 8 atom stereocenters. The molecule has 0 heterocycles. The normalized spacial score (nSPS) is 44.9. The van der Waals surface area contributed by atoms with Gasteiger partial charge in [0.1, 0.15) is 11.6 Å². The lowest BCUT2D eigenvalue weighted by Crippen LogP contribution is -2.54. The molecule has 0 saturated heterocycles. The van der Waals surface area contributed by atoms with Crippen molar-refractivity contribution in [2.24, 2.45) is 46.3 Å². The van der Waals surface area contributed by atoms with Crippen LogP contribution in [0.4, 0.5) is 0 Å². The Morgan fingerprint density at radius 2 is 1.80 bits per heavy atom. The fourth-order valence-electron chi connectivity index (χ4n) is 8.79. The van der Waals surface area contributed by atoms with Gasteiger partial charge in [-0.15, -0.1) is 0 Å². The molecule has 0 aromatic rings. The van der Waals surface area contributed by atoms with Gasteiger partial charge in [0.2, 0.25) is 0 Å². The van der Waals surface area contributed by atoms with E-state index in [1.165, 1.54) is 12.8 Å². The summed E-state index contributed by atoms with van der Waals surface area (Å²) >= 11 is 0. The van der Waals surface area contributed by atoms with Crippen LogP contribution in [-0.4, -0.2) is 22.3 Å². The molecule has 0 aromatic carbocycles. The largest absolute Gasteiger partial charge is 0.390 e. The van der Waals surface area contributed by atoms with Gasteiger partial charge < -0.3 is 5.11 Å². The molecule has 0 radical (unpaired) electrons. The van der Waals surface area contributed by atoms with Crippen molar-refractivity contribution in [2.45, 2.75) is 111 Å². The van der Waals surface area contributed by atoms with E-state index in [0.717, 1.165) is 57.8 Å². The first kappa shape index (κ1) is 22.5. The minimum atomic E-state index is -0.592. The lowest BCUT2D eigenvalue weighted by Gasteiger charge is -2.60. The van der Waals surface area contributed by atoms with E-state index in [1.54, 1.807) is 0 Å². The van der Waals surface area contributed by atoms with E-state index in [4.69, 9.17) is 0 Å². The van der Waals surface area contributed by atoms with E-state index in [0.29, 0.717) is 41.2 Å². The Morgan fingerprint density at radius 3 is 2.50 bits per heavy atom. The fraction of sp³-hybridized carbons (Fsp3) is 0.926. The van der Waals surface area contributed by atoms with E-state index in [-0.39, 0.29) is 16.7 Å². The summed E-state index contributed by atoms with van der Waals surface area (Å²) in [5.74, 6) is 4.02. The summed E-state index contributed by atoms with van der Waals surface area (Å²) in [6.07, 6.45) is 11.1. The second kappa shape index (κ2) is 7.71. The van der Waals surface area contributed by atoms with Crippen LogP contribution in [-0.2, 0) is 9.59 Å². The highest BCUT2D eigenvalue weighted by molar-refractivity contribution is 5.85. The van der Waals surface area contributed by atoms with Crippen molar-refractivity contribution >= 4 is 11.6 Å². The number of fused-ring (bicyclic) bond motifs is 5. The van der Waals surface area contributed by atoms with Gasteiger partial charge in [-0.3, -0.25) is 9.59 Å². The van der Waals surface area contributed by atoms with Crippen LogP contribution >= 0.6 is 0 Å². The first-order valence-electron chi connectivity index (χ1n) is 12.7. The first-order chi connectivity index (χ1) is 14.0. The topological polar surface area (TPSA) is 54.4 Å². The molecule has 3 heteroatoms. The maximum Gasteiger partial charge on any atom is 0.137 e. The molecule has 0 amide bonds. The van der Waals surface area contributed by atoms with Gasteiger partial charge in [-0.1, -0.05) is 33.6 Å². The highest BCUT2D eigenvalue weighted by atomic mass is 16.3. The van der Waals surface area contributed by atoms with Crippen molar-refractivity contribution in [3.05, 3.63) is 0 Å². The molecular formula is C27H44O3. The van der Waals surface area contributed by atoms with Gasteiger partial charge >= 0.3 is 0 Å². The number of rotatable bonds is 5. The maximum absolute atomic E-state index is 13.4. The van der Waals surface area contributed by atoms with Crippen LogP contribution in [0.5, 0.6) is 0 Å². The zero-order valence-corrected chi connectivity index (χ0v) is 20.0. The van der Waals surface area contributed by atoms with Gasteiger partial charge in [-0.25, -0.2) is 0 Å². The van der Waals surface area contributed by atoms with Gasteiger partial charge in [-0.2, -0.15) is 0 Å². The zero-order valence-electron chi connectivity index (χ0n) is 20.0. The van der Waals surface area contributed by atoms with Gasteiger partial charge in [-0.05, 0) is 92.8 Å². The Hall–Kier alpha value is -0.700. The van der Waals surface area contributed by atoms with E-state index in [1.807, 2.05) is 13.8 Å². The zero-order chi connectivity index (χ0) is 21.9. The molecule has 0 aliphatic heterocycles. The average molecular weight is 417 g/mol. The quantitative estimate of drug-likeness (QED) is 0.600. The van der Waals surface area contributed by atoms with Crippen LogP contribution in [0, 0.1) is 46.3 Å². The predicted molar refractivity (Wildman–Crippen MR) is 120 cm³/mol. The van der Waals surface area contributed by atoms with Gasteiger partial charge in [0.25, 0.3) is 0 Å². The van der Waals surface area contributed by atoms with Crippen molar-refractivity contribution in [1.29, 1.82) is 0 Å². The molecular weight excluding hydrogens is 372 g/mol. The number of aliphatic hydroxyl groups is 1. The fourth-order valence-corrected chi connectivity index (χ4v) is 8.79. The molecule has 0 spiro atoms. The van der Waals surface area contributed by atoms with Crippen LogP contribution in [0.3, 0.4) is 0 Å². The van der Waals surface area contributed by atoms with Gasteiger partial charge in [0.05, 0.1) is 5.60 Å². The lowest BCUT2D eigenvalue weighted by atomic mass is 9.44. The summed E-state index contributed by atoms with van der Waals surface area (Å²) in [6.45, 7) is 11.0. The summed E-state index contributed by atoms with van der Waals surface area (Å²) in [7, 11) is 0. The summed E-state index contributed by atoms with van der Waals surface area (Å²) in [5.41, 5.74) is -0.167. The van der Waals surface area contributed by atoms with Gasteiger partial charge in [0.15, 0.2) is 0 Å². The highest BCUT2D eigenvalue weighted by Crippen LogP contribution is 2.67. The Labute approximate surface area is 183 Å². The Balaban J connectivity index is 1.50. The van der Waals surface area contributed by atoms with E-state index >= 15 is 0 Å². The number of hydrogen-bond donors (Lipinski definition) is 1.